The van der Waals surface area contributed by atoms with Crippen LogP contribution in [-0.4, -0.2) is 46.3 Å². The number of methoxy groups -OCH3 is 1. The van der Waals surface area contributed by atoms with Gasteiger partial charge in [0.15, 0.2) is 0 Å². The minimum absolute atomic E-state index is 0.0102. The van der Waals surface area contributed by atoms with Crippen molar-refractivity contribution in [2.75, 3.05) is 40.1 Å². The zero-order valence-electron chi connectivity index (χ0n) is 12.2. The minimum Gasteiger partial charge on any atom is -0.490 e. The van der Waals surface area contributed by atoms with E-state index in [4.69, 9.17) is 19.9 Å². The smallest absolute Gasteiger partial charge is 0.146 e. The Balaban J connectivity index is 2.44. The third-order valence-electron chi connectivity index (χ3n) is 2.76. The van der Waals surface area contributed by atoms with Crippen molar-refractivity contribution in [3.05, 3.63) is 29.3 Å². The molecule has 1 aromatic carbocycles. The summed E-state index contributed by atoms with van der Waals surface area (Å²) in [6, 6.07) is 5.87. The Kier molecular flexibility index (Phi) is 8.18. The molecule has 0 spiro atoms. The summed E-state index contributed by atoms with van der Waals surface area (Å²) < 4.78 is 28.8. The van der Waals surface area contributed by atoms with Crippen molar-refractivity contribution in [3.8, 4) is 5.75 Å². The topological polar surface area (TPSA) is 53.7 Å². The average Bonchev–Trinajstić information content (AvgIpc) is 2.44. The van der Waals surface area contributed by atoms with Crippen LogP contribution in [0.5, 0.6) is 5.75 Å². The summed E-state index contributed by atoms with van der Waals surface area (Å²) in [4.78, 5) is 0. The van der Waals surface area contributed by atoms with E-state index in [0.29, 0.717) is 25.6 Å². The van der Waals surface area contributed by atoms with Crippen LogP contribution in [0, 0.1) is 6.92 Å². The van der Waals surface area contributed by atoms with E-state index in [0.717, 1.165) is 17.5 Å². The maximum absolute atomic E-state index is 13.1. The molecule has 20 heavy (non-hydrogen) atoms. The molecule has 0 aromatic heterocycles. The highest BCUT2D eigenvalue weighted by Crippen LogP contribution is 2.18. The lowest BCUT2D eigenvalue weighted by molar-refractivity contribution is 0.0722. The monoisotopic (exact) mass is 285 g/mol. The molecular formula is C15H24FNO3. The standard InChI is InChI=1S/C15H24FNO3/c1-12-7-13(3-4-19-6-5-18-2)9-15(8-12)20-11-14(16)10-17/h7-9,14H,3-6,10-11,17H2,1-2H3/t14-/m1/s1. The molecule has 1 atom stereocenters. The van der Waals surface area contributed by atoms with Gasteiger partial charge in [-0.2, -0.15) is 0 Å². The van der Waals surface area contributed by atoms with E-state index in [-0.39, 0.29) is 13.2 Å². The molecule has 1 aromatic rings. The summed E-state index contributed by atoms with van der Waals surface area (Å²) >= 11 is 0. The quantitative estimate of drug-likeness (QED) is 0.667. The fraction of sp³-hybridized carbons (Fsp3) is 0.600. The number of halogens is 1. The summed E-state index contributed by atoms with van der Waals surface area (Å²) in [6.45, 7) is 3.76. The normalized spacial score (nSPS) is 12.4. The Hall–Kier alpha value is -1.17. The van der Waals surface area contributed by atoms with E-state index >= 15 is 0 Å². The number of benzene rings is 1. The van der Waals surface area contributed by atoms with Crippen LogP contribution in [0.3, 0.4) is 0 Å². The molecule has 0 bridgehead atoms. The lowest BCUT2D eigenvalue weighted by atomic mass is 10.1. The molecule has 0 amide bonds. The molecule has 0 saturated heterocycles. The van der Waals surface area contributed by atoms with E-state index in [1.807, 2.05) is 19.1 Å². The Morgan fingerprint density at radius 2 is 2.00 bits per heavy atom. The maximum Gasteiger partial charge on any atom is 0.146 e. The Labute approximate surface area is 120 Å². The van der Waals surface area contributed by atoms with Crippen LogP contribution >= 0.6 is 0 Å². The van der Waals surface area contributed by atoms with E-state index in [9.17, 15) is 4.39 Å². The number of rotatable bonds is 10. The number of hydrogen-bond acceptors (Lipinski definition) is 4. The van der Waals surface area contributed by atoms with Crippen molar-refractivity contribution in [2.45, 2.75) is 19.5 Å². The van der Waals surface area contributed by atoms with E-state index in [2.05, 4.69) is 6.07 Å². The second-order valence-electron chi connectivity index (χ2n) is 4.65. The number of aryl methyl sites for hydroxylation is 1. The molecule has 4 nitrogen and oxygen atoms in total. The van der Waals surface area contributed by atoms with Gasteiger partial charge in [0.1, 0.15) is 18.5 Å². The van der Waals surface area contributed by atoms with Crippen molar-refractivity contribution in [3.63, 3.8) is 0 Å². The first-order chi connectivity index (χ1) is 9.65. The van der Waals surface area contributed by atoms with Crippen molar-refractivity contribution in [2.24, 2.45) is 5.73 Å². The van der Waals surface area contributed by atoms with Gasteiger partial charge in [0.05, 0.1) is 19.8 Å². The lowest BCUT2D eigenvalue weighted by Gasteiger charge is -2.11. The van der Waals surface area contributed by atoms with Crippen LogP contribution in [0.4, 0.5) is 4.39 Å². The molecule has 1 rings (SSSR count). The Morgan fingerprint density at radius 3 is 2.70 bits per heavy atom. The van der Waals surface area contributed by atoms with Gasteiger partial charge in [-0.3, -0.25) is 0 Å². The van der Waals surface area contributed by atoms with Gasteiger partial charge >= 0.3 is 0 Å². The van der Waals surface area contributed by atoms with Crippen molar-refractivity contribution in [1.29, 1.82) is 0 Å². The second-order valence-corrected chi connectivity index (χ2v) is 4.65. The molecule has 0 unspecified atom stereocenters. The molecule has 0 aliphatic heterocycles. The molecule has 0 aliphatic carbocycles. The predicted octanol–water partition coefficient (Wildman–Crippen LogP) is 1.88. The summed E-state index contributed by atoms with van der Waals surface area (Å²) in [5.74, 6) is 0.674. The zero-order valence-corrected chi connectivity index (χ0v) is 12.2. The average molecular weight is 285 g/mol. The molecule has 0 radical (unpaired) electrons. The highest BCUT2D eigenvalue weighted by atomic mass is 19.1. The molecule has 0 fully saturated rings. The van der Waals surface area contributed by atoms with Gasteiger partial charge < -0.3 is 19.9 Å². The Bertz CT molecular complexity index is 387. The van der Waals surface area contributed by atoms with Crippen LogP contribution < -0.4 is 10.5 Å². The van der Waals surface area contributed by atoms with Crippen LogP contribution in [0.25, 0.3) is 0 Å². The van der Waals surface area contributed by atoms with Gasteiger partial charge in [-0.1, -0.05) is 6.07 Å². The third kappa shape index (κ3) is 6.84. The molecule has 0 heterocycles. The highest BCUT2D eigenvalue weighted by molar-refractivity contribution is 5.34. The largest absolute Gasteiger partial charge is 0.490 e. The molecule has 5 heteroatoms. The number of ether oxygens (including phenoxy) is 3. The van der Waals surface area contributed by atoms with Gasteiger partial charge in [0.2, 0.25) is 0 Å². The first-order valence-electron chi connectivity index (χ1n) is 6.80. The fourth-order valence-electron chi connectivity index (χ4n) is 1.74. The fourth-order valence-corrected chi connectivity index (χ4v) is 1.74. The summed E-state index contributed by atoms with van der Waals surface area (Å²) in [6.07, 6.45) is -0.339. The van der Waals surface area contributed by atoms with Gasteiger partial charge in [0.25, 0.3) is 0 Å². The Morgan fingerprint density at radius 1 is 1.20 bits per heavy atom. The summed E-state index contributed by atoms with van der Waals surface area (Å²) in [5.41, 5.74) is 7.41. The van der Waals surface area contributed by atoms with Crippen LogP contribution in [0.2, 0.25) is 0 Å². The first-order valence-corrected chi connectivity index (χ1v) is 6.80. The molecule has 114 valence electrons. The van der Waals surface area contributed by atoms with Crippen molar-refractivity contribution in [1.82, 2.24) is 0 Å². The van der Waals surface area contributed by atoms with Crippen molar-refractivity contribution < 1.29 is 18.6 Å². The second kappa shape index (κ2) is 9.69. The van der Waals surface area contributed by atoms with E-state index in [1.165, 1.54) is 0 Å². The minimum atomic E-state index is -1.13. The molecular weight excluding hydrogens is 261 g/mol. The van der Waals surface area contributed by atoms with Gasteiger partial charge in [-0.25, -0.2) is 4.39 Å². The van der Waals surface area contributed by atoms with E-state index in [1.54, 1.807) is 7.11 Å². The summed E-state index contributed by atoms with van der Waals surface area (Å²) in [7, 11) is 1.65. The van der Waals surface area contributed by atoms with Gasteiger partial charge in [0, 0.05) is 13.7 Å². The van der Waals surface area contributed by atoms with E-state index < -0.39 is 6.17 Å². The molecule has 0 aliphatic rings. The third-order valence-corrected chi connectivity index (χ3v) is 2.76. The number of alkyl halides is 1. The van der Waals surface area contributed by atoms with Gasteiger partial charge in [-0.15, -0.1) is 0 Å². The maximum atomic E-state index is 13.1. The van der Waals surface area contributed by atoms with Crippen LogP contribution in [0.15, 0.2) is 18.2 Å². The SMILES string of the molecule is COCCOCCc1cc(C)cc(OC[C@H](F)CN)c1. The first kappa shape index (κ1) is 16.9. The lowest BCUT2D eigenvalue weighted by Crippen LogP contribution is -2.22. The van der Waals surface area contributed by atoms with Crippen molar-refractivity contribution >= 4 is 0 Å². The predicted molar refractivity (Wildman–Crippen MR) is 77.0 cm³/mol. The highest BCUT2D eigenvalue weighted by Gasteiger charge is 2.06. The zero-order chi connectivity index (χ0) is 14.8. The number of nitrogens with two attached hydrogens (primary N) is 1. The van der Waals surface area contributed by atoms with Crippen LogP contribution in [-0.2, 0) is 15.9 Å². The summed E-state index contributed by atoms with van der Waals surface area (Å²) in [5, 5.41) is 0. The molecule has 2 N–H and O–H groups in total. The van der Waals surface area contributed by atoms with Crippen LogP contribution in [0.1, 0.15) is 11.1 Å². The number of hydrogen-bond donors (Lipinski definition) is 1. The molecule has 0 saturated carbocycles. The van der Waals surface area contributed by atoms with Gasteiger partial charge in [-0.05, 0) is 36.6 Å².